The SMILES string of the molecule is Cc1ccc(S(=O)(=O)NCCc2ccc(Cl)cc2Cl)cc1C. The first kappa shape index (κ1) is 17.3. The zero-order valence-corrected chi connectivity index (χ0v) is 14.7. The summed E-state index contributed by atoms with van der Waals surface area (Å²) in [6, 6.07) is 10.3. The van der Waals surface area contributed by atoms with Gasteiger partial charge in [0.15, 0.2) is 0 Å². The molecule has 0 atom stereocenters. The molecule has 0 bridgehead atoms. The number of nitrogens with one attached hydrogen (secondary N) is 1. The Morgan fingerprint density at radius 1 is 1.00 bits per heavy atom. The van der Waals surface area contributed by atoms with Crippen molar-refractivity contribution in [1.82, 2.24) is 4.72 Å². The molecule has 0 radical (unpaired) electrons. The highest BCUT2D eigenvalue weighted by Gasteiger charge is 2.14. The van der Waals surface area contributed by atoms with Crippen LogP contribution in [0.4, 0.5) is 0 Å². The number of aryl methyl sites for hydroxylation is 2. The van der Waals surface area contributed by atoms with Crippen molar-refractivity contribution < 1.29 is 8.42 Å². The smallest absolute Gasteiger partial charge is 0.211 e. The van der Waals surface area contributed by atoms with Gasteiger partial charge in [-0.1, -0.05) is 35.3 Å². The van der Waals surface area contributed by atoms with Crippen LogP contribution in [0.2, 0.25) is 10.0 Å². The van der Waals surface area contributed by atoms with Crippen LogP contribution in [-0.2, 0) is 16.4 Å². The van der Waals surface area contributed by atoms with Crippen molar-refractivity contribution >= 4 is 33.2 Å². The fourth-order valence-corrected chi connectivity index (χ4v) is 3.63. The van der Waals surface area contributed by atoms with Crippen molar-refractivity contribution in [1.29, 1.82) is 0 Å². The van der Waals surface area contributed by atoms with Crippen molar-refractivity contribution in [3.05, 3.63) is 63.1 Å². The van der Waals surface area contributed by atoms with E-state index in [0.29, 0.717) is 16.5 Å². The normalized spacial score (nSPS) is 11.6. The predicted octanol–water partition coefficient (Wildman–Crippen LogP) is 4.13. The maximum Gasteiger partial charge on any atom is 0.240 e. The molecule has 2 aromatic carbocycles. The fourth-order valence-electron chi connectivity index (χ4n) is 2.01. The van der Waals surface area contributed by atoms with Gasteiger partial charge in [0, 0.05) is 16.6 Å². The Balaban J connectivity index is 2.05. The molecule has 0 heterocycles. The van der Waals surface area contributed by atoms with Crippen LogP contribution in [0.25, 0.3) is 0 Å². The lowest BCUT2D eigenvalue weighted by molar-refractivity contribution is 0.581. The number of hydrogen-bond donors (Lipinski definition) is 1. The summed E-state index contributed by atoms with van der Waals surface area (Å²) in [6.07, 6.45) is 0.500. The lowest BCUT2D eigenvalue weighted by atomic mass is 10.1. The molecule has 2 aromatic rings. The van der Waals surface area contributed by atoms with Crippen LogP contribution in [0.5, 0.6) is 0 Å². The summed E-state index contributed by atoms with van der Waals surface area (Å²) >= 11 is 11.9. The first-order chi connectivity index (χ1) is 10.3. The van der Waals surface area contributed by atoms with E-state index in [1.807, 2.05) is 13.8 Å². The summed E-state index contributed by atoms with van der Waals surface area (Å²) < 4.78 is 27.1. The first-order valence-corrected chi connectivity index (χ1v) is 9.04. The third kappa shape index (κ3) is 4.23. The van der Waals surface area contributed by atoms with E-state index >= 15 is 0 Å². The largest absolute Gasteiger partial charge is 0.240 e. The molecular formula is C16H17Cl2NO2S. The van der Waals surface area contributed by atoms with Crippen LogP contribution in [0.15, 0.2) is 41.3 Å². The summed E-state index contributed by atoms with van der Waals surface area (Å²) in [5.74, 6) is 0. The van der Waals surface area contributed by atoms with E-state index in [2.05, 4.69) is 4.72 Å². The molecule has 3 nitrogen and oxygen atoms in total. The first-order valence-electron chi connectivity index (χ1n) is 6.80. The molecule has 2 rings (SSSR count). The minimum atomic E-state index is -3.51. The van der Waals surface area contributed by atoms with Gasteiger partial charge < -0.3 is 0 Å². The van der Waals surface area contributed by atoms with Crippen LogP contribution in [0.3, 0.4) is 0 Å². The Morgan fingerprint density at radius 3 is 2.36 bits per heavy atom. The molecule has 0 fully saturated rings. The fraction of sp³-hybridized carbons (Fsp3) is 0.250. The minimum Gasteiger partial charge on any atom is -0.211 e. The topological polar surface area (TPSA) is 46.2 Å². The van der Waals surface area contributed by atoms with Gasteiger partial charge in [0.2, 0.25) is 10.0 Å². The summed E-state index contributed by atoms with van der Waals surface area (Å²) in [7, 11) is -3.51. The quantitative estimate of drug-likeness (QED) is 0.874. The van der Waals surface area contributed by atoms with Crippen molar-refractivity contribution in [2.24, 2.45) is 0 Å². The average molecular weight is 358 g/mol. The second kappa shape index (κ2) is 7.01. The maximum atomic E-state index is 12.3. The molecule has 1 N–H and O–H groups in total. The van der Waals surface area contributed by atoms with Gasteiger partial charge in [-0.25, -0.2) is 13.1 Å². The van der Waals surface area contributed by atoms with Crippen molar-refractivity contribution in [3.8, 4) is 0 Å². The lowest BCUT2D eigenvalue weighted by Crippen LogP contribution is -2.26. The van der Waals surface area contributed by atoms with Gasteiger partial charge in [-0.2, -0.15) is 0 Å². The Kier molecular flexibility index (Phi) is 5.50. The molecule has 0 aromatic heterocycles. The monoisotopic (exact) mass is 357 g/mol. The second-order valence-electron chi connectivity index (χ2n) is 5.13. The number of sulfonamides is 1. The molecule has 0 aliphatic heterocycles. The Bertz CT molecular complexity index is 789. The van der Waals surface area contributed by atoms with E-state index in [9.17, 15) is 8.42 Å². The van der Waals surface area contributed by atoms with Gasteiger partial charge in [-0.15, -0.1) is 0 Å². The van der Waals surface area contributed by atoms with Crippen LogP contribution >= 0.6 is 23.2 Å². The maximum absolute atomic E-state index is 12.3. The number of halogens is 2. The summed E-state index contributed by atoms with van der Waals surface area (Å²) in [5.41, 5.74) is 2.87. The van der Waals surface area contributed by atoms with Crippen molar-refractivity contribution in [2.45, 2.75) is 25.2 Å². The van der Waals surface area contributed by atoms with E-state index in [0.717, 1.165) is 16.7 Å². The van der Waals surface area contributed by atoms with Gasteiger partial charge in [-0.05, 0) is 61.2 Å². The van der Waals surface area contributed by atoms with Crippen molar-refractivity contribution in [3.63, 3.8) is 0 Å². The molecule has 0 unspecified atom stereocenters. The summed E-state index contributed by atoms with van der Waals surface area (Å²) in [6.45, 7) is 4.11. The molecular weight excluding hydrogens is 341 g/mol. The molecule has 22 heavy (non-hydrogen) atoms. The van der Waals surface area contributed by atoms with Gasteiger partial charge >= 0.3 is 0 Å². The van der Waals surface area contributed by atoms with Crippen LogP contribution in [0, 0.1) is 13.8 Å². The van der Waals surface area contributed by atoms with Gasteiger partial charge in [0.25, 0.3) is 0 Å². The van der Waals surface area contributed by atoms with E-state index in [4.69, 9.17) is 23.2 Å². The van der Waals surface area contributed by atoms with Gasteiger partial charge in [0.05, 0.1) is 4.90 Å². The van der Waals surface area contributed by atoms with Crippen LogP contribution in [-0.4, -0.2) is 15.0 Å². The number of hydrogen-bond acceptors (Lipinski definition) is 2. The molecule has 0 spiro atoms. The summed E-state index contributed by atoms with van der Waals surface area (Å²) in [5, 5.41) is 1.10. The van der Waals surface area contributed by atoms with Crippen LogP contribution in [0.1, 0.15) is 16.7 Å². The van der Waals surface area contributed by atoms with E-state index < -0.39 is 10.0 Å². The average Bonchev–Trinajstić information content (AvgIpc) is 2.44. The third-order valence-electron chi connectivity index (χ3n) is 3.49. The zero-order chi connectivity index (χ0) is 16.3. The Labute approximate surface area is 141 Å². The second-order valence-corrected chi connectivity index (χ2v) is 7.74. The van der Waals surface area contributed by atoms with E-state index in [-0.39, 0.29) is 11.4 Å². The molecule has 0 amide bonds. The highest BCUT2D eigenvalue weighted by atomic mass is 35.5. The standard InChI is InChI=1S/C16H17Cl2NO2S/c1-11-3-6-15(9-12(11)2)22(20,21)19-8-7-13-4-5-14(17)10-16(13)18/h3-6,9-10,19H,7-8H2,1-2H3. The lowest BCUT2D eigenvalue weighted by Gasteiger charge is -2.09. The summed E-state index contributed by atoms with van der Waals surface area (Å²) in [4.78, 5) is 0.276. The van der Waals surface area contributed by atoms with Gasteiger partial charge in [-0.3, -0.25) is 0 Å². The Morgan fingerprint density at radius 2 is 1.73 bits per heavy atom. The molecule has 118 valence electrons. The Hall–Kier alpha value is -1.07. The number of rotatable bonds is 5. The molecule has 0 saturated heterocycles. The highest BCUT2D eigenvalue weighted by molar-refractivity contribution is 7.89. The van der Waals surface area contributed by atoms with Gasteiger partial charge in [0.1, 0.15) is 0 Å². The van der Waals surface area contributed by atoms with Crippen molar-refractivity contribution in [2.75, 3.05) is 6.54 Å². The number of benzene rings is 2. The molecule has 0 aliphatic rings. The van der Waals surface area contributed by atoms with E-state index in [1.165, 1.54) is 0 Å². The van der Waals surface area contributed by atoms with E-state index in [1.54, 1.807) is 36.4 Å². The highest BCUT2D eigenvalue weighted by Crippen LogP contribution is 2.21. The third-order valence-corrected chi connectivity index (χ3v) is 5.54. The zero-order valence-electron chi connectivity index (χ0n) is 12.4. The minimum absolute atomic E-state index is 0.274. The molecule has 6 heteroatoms. The van der Waals surface area contributed by atoms with Crippen LogP contribution < -0.4 is 4.72 Å². The molecule has 0 saturated carbocycles. The molecule has 0 aliphatic carbocycles. The predicted molar refractivity (Wildman–Crippen MR) is 91.3 cm³/mol.